The smallest absolute Gasteiger partial charge is 0.295 e. The molecule has 2 aromatic carbocycles. The number of aliphatic hydroxyl groups is 1. The molecular weight excluding hydrogens is 411 g/mol. The van der Waals surface area contributed by atoms with Crippen LogP contribution in [0.25, 0.3) is 5.76 Å². The number of ether oxygens (including phenoxy) is 1. The molecule has 0 bridgehead atoms. The molecule has 1 atom stereocenters. The molecule has 0 aromatic heterocycles. The molecule has 3 rings (SSSR count). The summed E-state index contributed by atoms with van der Waals surface area (Å²) in [6.07, 6.45) is 0.676. The third-order valence-corrected chi connectivity index (χ3v) is 5.86. The molecule has 2 aromatic rings. The number of likely N-dealkylation sites (tertiary alicyclic amines) is 1. The Morgan fingerprint density at radius 3 is 2.25 bits per heavy atom. The lowest BCUT2D eigenvalue weighted by atomic mass is 9.95. The monoisotopic (exact) mass is 440 g/mol. The second-order valence-corrected chi connectivity index (χ2v) is 7.65. The van der Waals surface area contributed by atoms with Gasteiger partial charge in [-0.1, -0.05) is 26.0 Å². The lowest BCUT2D eigenvalue weighted by Crippen LogP contribution is -2.33. The van der Waals surface area contributed by atoms with Crippen molar-refractivity contribution in [2.75, 3.05) is 33.3 Å². The van der Waals surface area contributed by atoms with Crippen LogP contribution in [0.1, 0.15) is 37.4 Å². The molecular formula is C25H29FN2O4. The normalized spacial score (nSPS) is 17.9. The van der Waals surface area contributed by atoms with Gasteiger partial charge in [0.25, 0.3) is 11.7 Å². The van der Waals surface area contributed by atoms with Gasteiger partial charge in [0.05, 0.1) is 18.7 Å². The molecule has 7 heteroatoms. The standard InChI is InChI=1S/C25H29FN2O4/c1-4-27(5-2)15-6-16-28-22(17-7-11-19(26)12-8-17)21(24(30)25(28)31)23(29)18-9-13-20(32-3)14-10-18/h7-14,22,29H,4-6,15-16H2,1-3H3/b23-21+/t22-/m0/s1. The molecule has 1 heterocycles. The summed E-state index contributed by atoms with van der Waals surface area (Å²) >= 11 is 0. The van der Waals surface area contributed by atoms with E-state index in [1.807, 2.05) is 0 Å². The van der Waals surface area contributed by atoms with Crippen LogP contribution in [-0.2, 0) is 9.59 Å². The maximum Gasteiger partial charge on any atom is 0.295 e. The zero-order valence-corrected chi connectivity index (χ0v) is 18.7. The van der Waals surface area contributed by atoms with Gasteiger partial charge in [-0.15, -0.1) is 0 Å². The van der Waals surface area contributed by atoms with Crippen LogP contribution in [0, 0.1) is 5.82 Å². The summed E-state index contributed by atoms with van der Waals surface area (Å²) in [6.45, 7) is 7.07. The fraction of sp³-hybridized carbons (Fsp3) is 0.360. The SMILES string of the molecule is CCN(CC)CCCN1C(=O)C(=O)/C(=C(/O)c2ccc(OC)cc2)[C@@H]1c1ccc(F)cc1. The van der Waals surface area contributed by atoms with Crippen molar-refractivity contribution in [3.63, 3.8) is 0 Å². The van der Waals surface area contributed by atoms with E-state index < -0.39 is 23.5 Å². The number of hydrogen-bond acceptors (Lipinski definition) is 5. The molecule has 0 aliphatic carbocycles. The van der Waals surface area contributed by atoms with Crippen molar-refractivity contribution < 1.29 is 23.8 Å². The van der Waals surface area contributed by atoms with E-state index in [9.17, 15) is 19.1 Å². The fourth-order valence-corrected chi connectivity index (χ4v) is 4.01. The summed E-state index contributed by atoms with van der Waals surface area (Å²) in [5, 5.41) is 11.0. The van der Waals surface area contributed by atoms with Crippen molar-refractivity contribution >= 4 is 17.4 Å². The van der Waals surface area contributed by atoms with Crippen LogP contribution in [0.5, 0.6) is 5.75 Å². The number of Topliss-reactive ketones (excluding diaryl/α,β-unsaturated/α-hetero) is 1. The number of benzene rings is 2. The second-order valence-electron chi connectivity index (χ2n) is 7.65. The predicted molar refractivity (Wildman–Crippen MR) is 121 cm³/mol. The zero-order valence-electron chi connectivity index (χ0n) is 18.7. The van der Waals surface area contributed by atoms with Crippen LogP contribution in [0.3, 0.4) is 0 Å². The Hall–Kier alpha value is -3.19. The number of rotatable bonds is 9. The maximum atomic E-state index is 13.6. The van der Waals surface area contributed by atoms with Gasteiger partial charge in [-0.25, -0.2) is 4.39 Å². The van der Waals surface area contributed by atoms with Gasteiger partial charge in [-0.3, -0.25) is 9.59 Å². The first kappa shape index (κ1) is 23.5. The van der Waals surface area contributed by atoms with Crippen LogP contribution in [-0.4, -0.2) is 59.9 Å². The van der Waals surface area contributed by atoms with E-state index >= 15 is 0 Å². The highest BCUT2D eigenvalue weighted by Gasteiger charge is 2.45. The van der Waals surface area contributed by atoms with Gasteiger partial charge in [0.2, 0.25) is 0 Å². The van der Waals surface area contributed by atoms with Gasteiger partial charge in [0.15, 0.2) is 0 Å². The summed E-state index contributed by atoms with van der Waals surface area (Å²) in [5.41, 5.74) is 0.983. The van der Waals surface area contributed by atoms with Crippen LogP contribution in [0.4, 0.5) is 4.39 Å². The Morgan fingerprint density at radius 2 is 1.69 bits per heavy atom. The van der Waals surface area contributed by atoms with E-state index in [1.165, 1.54) is 24.1 Å². The number of methoxy groups -OCH3 is 1. The van der Waals surface area contributed by atoms with Crippen molar-refractivity contribution in [2.24, 2.45) is 0 Å². The average molecular weight is 441 g/mol. The molecule has 32 heavy (non-hydrogen) atoms. The first-order chi connectivity index (χ1) is 15.4. The van der Waals surface area contributed by atoms with Crippen molar-refractivity contribution in [1.29, 1.82) is 0 Å². The highest BCUT2D eigenvalue weighted by molar-refractivity contribution is 6.46. The van der Waals surface area contributed by atoms with Crippen molar-refractivity contribution in [3.8, 4) is 5.75 Å². The van der Waals surface area contributed by atoms with Crippen molar-refractivity contribution in [2.45, 2.75) is 26.3 Å². The van der Waals surface area contributed by atoms with E-state index in [0.717, 1.165) is 19.6 Å². The number of amides is 1. The third kappa shape index (κ3) is 4.83. The summed E-state index contributed by atoms with van der Waals surface area (Å²) < 4.78 is 18.7. The van der Waals surface area contributed by atoms with E-state index in [2.05, 4.69) is 18.7 Å². The number of hydrogen-bond donors (Lipinski definition) is 1. The number of carbonyl (C=O) groups is 2. The van der Waals surface area contributed by atoms with Crippen LogP contribution in [0.15, 0.2) is 54.1 Å². The minimum absolute atomic E-state index is 0.00890. The molecule has 1 amide bonds. The quantitative estimate of drug-likeness (QED) is 0.363. The van der Waals surface area contributed by atoms with Gasteiger partial charge in [-0.05, 0) is 68.0 Å². The first-order valence-corrected chi connectivity index (χ1v) is 10.8. The van der Waals surface area contributed by atoms with Gasteiger partial charge in [0, 0.05) is 12.1 Å². The molecule has 6 nitrogen and oxygen atoms in total. The molecule has 1 aliphatic rings. The molecule has 0 saturated carbocycles. The lowest BCUT2D eigenvalue weighted by Gasteiger charge is -2.26. The molecule has 0 radical (unpaired) electrons. The van der Waals surface area contributed by atoms with Crippen molar-refractivity contribution in [1.82, 2.24) is 9.80 Å². The molecule has 170 valence electrons. The van der Waals surface area contributed by atoms with Crippen LogP contribution in [0.2, 0.25) is 0 Å². The third-order valence-electron chi connectivity index (χ3n) is 5.86. The van der Waals surface area contributed by atoms with Crippen LogP contribution < -0.4 is 4.74 Å². The number of halogens is 1. The van der Waals surface area contributed by atoms with Crippen LogP contribution >= 0.6 is 0 Å². The van der Waals surface area contributed by atoms with E-state index in [0.29, 0.717) is 29.8 Å². The van der Waals surface area contributed by atoms with Gasteiger partial charge >= 0.3 is 0 Å². The summed E-state index contributed by atoms with van der Waals surface area (Å²) in [5.74, 6) is -1.47. The minimum Gasteiger partial charge on any atom is -0.507 e. The predicted octanol–water partition coefficient (Wildman–Crippen LogP) is 3.99. The minimum atomic E-state index is -0.783. The number of aliphatic hydroxyl groups excluding tert-OH is 1. The Kier molecular flexibility index (Phi) is 7.64. The highest BCUT2D eigenvalue weighted by Crippen LogP contribution is 2.39. The Bertz CT molecular complexity index is 982. The molecule has 0 spiro atoms. The van der Waals surface area contributed by atoms with E-state index in [1.54, 1.807) is 36.4 Å². The Labute approximate surface area is 187 Å². The number of carbonyl (C=O) groups excluding carboxylic acids is 2. The lowest BCUT2D eigenvalue weighted by molar-refractivity contribution is -0.140. The average Bonchev–Trinajstić information content (AvgIpc) is 3.07. The summed E-state index contributed by atoms with van der Waals surface area (Å²) in [6, 6.07) is 11.5. The summed E-state index contributed by atoms with van der Waals surface area (Å²) in [7, 11) is 1.53. The van der Waals surface area contributed by atoms with E-state index in [4.69, 9.17) is 4.74 Å². The highest BCUT2D eigenvalue weighted by atomic mass is 19.1. The van der Waals surface area contributed by atoms with Crippen molar-refractivity contribution in [3.05, 3.63) is 71.0 Å². The Balaban J connectivity index is 2.01. The topological polar surface area (TPSA) is 70.1 Å². The molecule has 1 aliphatic heterocycles. The molecule has 1 saturated heterocycles. The molecule has 0 unspecified atom stereocenters. The molecule has 1 N–H and O–H groups in total. The largest absolute Gasteiger partial charge is 0.507 e. The van der Waals surface area contributed by atoms with E-state index in [-0.39, 0.29) is 11.3 Å². The van der Waals surface area contributed by atoms with Gasteiger partial charge in [0.1, 0.15) is 17.3 Å². The second kappa shape index (κ2) is 10.4. The first-order valence-electron chi connectivity index (χ1n) is 10.8. The Morgan fingerprint density at radius 1 is 1.06 bits per heavy atom. The number of ketones is 1. The number of nitrogens with zero attached hydrogens (tertiary/aromatic N) is 2. The summed E-state index contributed by atoms with van der Waals surface area (Å²) in [4.78, 5) is 29.7. The molecule has 1 fully saturated rings. The maximum absolute atomic E-state index is 13.6. The van der Waals surface area contributed by atoms with Gasteiger partial charge in [-0.2, -0.15) is 0 Å². The zero-order chi connectivity index (χ0) is 23.3. The fourth-order valence-electron chi connectivity index (χ4n) is 4.01. The van der Waals surface area contributed by atoms with Gasteiger partial charge < -0.3 is 19.6 Å².